The second-order valence-electron chi connectivity index (χ2n) is 9.62. The van der Waals surface area contributed by atoms with Gasteiger partial charge in [0.2, 0.25) is 11.8 Å². The van der Waals surface area contributed by atoms with Gasteiger partial charge >= 0.3 is 0 Å². The molecule has 0 bridgehead atoms. The molecule has 7 nitrogen and oxygen atoms in total. The fourth-order valence-electron chi connectivity index (χ4n) is 3.88. The number of benzene rings is 1. The molecule has 1 aromatic carbocycles. The van der Waals surface area contributed by atoms with E-state index >= 15 is 0 Å². The van der Waals surface area contributed by atoms with Crippen molar-refractivity contribution in [1.29, 1.82) is 0 Å². The first kappa shape index (κ1) is 25.0. The van der Waals surface area contributed by atoms with E-state index in [2.05, 4.69) is 50.0 Å². The summed E-state index contributed by atoms with van der Waals surface area (Å²) in [6.07, 6.45) is 0.528. The van der Waals surface area contributed by atoms with Gasteiger partial charge in [-0.2, -0.15) is 0 Å². The Morgan fingerprint density at radius 1 is 1.03 bits per heavy atom. The van der Waals surface area contributed by atoms with Crippen molar-refractivity contribution >= 4 is 23.6 Å². The van der Waals surface area contributed by atoms with Crippen molar-refractivity contribution in [3.63, 3.8) is 0 Å². The number of rotatable bonds is 5. The number of carbonyl (C=O) groups excluding carboxylic acids is 2. The average Bonchev–Trinajstić information content (AvgIpc) is 2.77. The summed E-state index contributed by atoms with van der Waals surface area (Å²) in [5.74, 6) is 0.252. The van der Waals surface area contributed by atoms with Gasteiger partial charge in [0.25, 0.3) is 5.56 Å². The zero-order chi connectivity index (χ0) is 24.3. The number of hydrogen-bond donors (Lipinski definition) is 0. The molecule has 2 aromatic rings. The molecule has 3 rings (SSSR count). The van der Waals surface area contributed by atoms with Gasteiger partial charge in [-0.05, 0) is 23.5 Å². The van der Waals surface area contributed by atoms with E-state index < -0.39 is 0 Å². The Kier molecular flexibility index (Phi) is 7.67. The Morgan fingerprint density at radius 2 is 1.61 bits per heavy atom. The summed E-state index contributed by atoms with van der Waals surface area (Å²) >= 11 is 1.28. The van der Waals surface area contributed by atoms with Crippen molar-refractivity contribution in [2.24, 2.45) is 7.05 Å². The Labute approximate surface area is 200 Å². The molecule has 0 spiro atoms. The van der Waals surface area contributed by atoms with Crippen LogP contribution in [0, 0.1) is 6.92 Å². The molecule has 2 amide bonds. The minimum atomic E-state index is -0.0765. The van der Waals surface area contributed by atoms with E-state index in [-0.39, 0.29) is 28.5 Å². The maximum absolute atomic E-state index is 13.1. The molecular formula is C25H34N4O3S. The first-order valence-corrected chi connectivity index (χ1v) is 12.3. The first-order valence-electron chi connectivity index (χ1n) is 11.3. The van der Waals surface area contributed by atoms with Crippen LogP contribution in [0.5, 0.6) is 0 Å². The van der Waals surface area contributed by atoms with Crippen LogP contribution < -0.4 is 5.56 Å². The van der Waals surface area contributed by atoms with Crippen molar-refractivity contribution in [1.82, 2.24) is 19.4 Å². The molecule has 0 N–H and O–H groups in total. The molecule has 1 fully saturated rings. The van der Waals surface area contributed by atoms with E-state index in [0.717, 1.165) is 5.56 Å². The van der Waals surface area contributed by atoms with Crippen LogP contribution in [0.25, 0.3) is 0 Å². The highest BCUT2D eigenvalue weighted by atomic mass is 32.2. The second-order valence-corrected chi connectivity index (χ2v) is 10.6. The van der Waals surface area contributed by atoms with Gasteiger partial charge < -0.3 is 9.80 Å². The number of aromatic nitrogens is 2. The van der Waals surface area contributed by atoms with Crippen molar-refractivity contribution in [2.75, 3.05) is 31.9 Å². The molecular weight excluding hydrogens is 436 g/mol. The molecule has 178 valence electrons. The standard InChI is InChI=1S/C25H34N4O3S/c1-17-21(15-19-7-9-20(10-8-19)25(3,4)5)23(32)27(6)24(26-17)33-16-22(31)29-13-11-28(12-14-29)18(2)30/h7-10H,11-16H2,1-6H3. The molecule has 1 aliphatic heterocycles. The summed E-state index contributed by atoms with van der Waals surface area (Å²) in [5, 5.41) is 0.542. The molecule has 0 unspecified atom stereocenters. The average molecular weight is 471 g/mol. The maximum Gasteiger partial charge on any atom is 0.257 e. The maximum atomic E-state index is 13.1. The lowest BCUT2D eigenvalue weighted by atomic mass is 9.86. The number of thioether (sulfide) groups is 1. The van der Waals surface area contributed by atoms with Crippen molar-refractivity contribution in [3.8, 4) is 0 Å². The number of hydrogen-bond acceptors (Lipinski definition) is 5. The van der Waals surface area contributed by atoms with E-state index in [1.54, 1.807) is 23.8 Å². The predicted molar refractivity (Wildman–Crippen MR) is 132 cm³/mol. The van der Waals surface area contributed by atoms with E-state index in [1.807, 2.05) is 6.92 Å². The van der Waals surface area contributed by atoms with Crippen LogP contribution in [0.4, 0.5) is 0 Å². The third kappa shape index (κ3) is 6.05. The van der Waals surface area contributed by atoms with Crippen molar-refractivity contribution in [2.45, 2.75) is 51.6 Å². The summed E-state index contributed by atoms with van der Waals surface area (Å²) in [7, 11) is 1.71. The minimum absolute atomic E-state index is 0.00174. The lowest BCUT2D eigenvalue weighted by molar-refractivity contribution is -0.136. The number of piperazine rings is 1. The molecule has 0 saturated carbocycles. The predicted octanol–water partition coefficient (Wildman–Crippen LogP) is 2.76. The normalized spacial score (nSPS) is 14.5. The summed E-state index contributed by atoms with van der Waals surface area (Å²) < 4.78 is 1.54. The highest BCUT2D eigenvalue weighted by molar-refractivity contribution is 7.99. The number of aryl methyl sites for hydroxylation is 1. The molecule has 0 atom stereocenters. The van der Waals surface area contributed by atoms with Crippen molar-refractivity contribution in [3.05, 3.63) is 57.0 Å². The van der Waals surface area contributed by atoms with E-state index in [9.17, 15) is 14.4 Å². The number of nitrogens with zero attached hydrogens (tertiary/aromatic N) is 4. The Hall–Kier alpha value is -2.61. The highest BCUT2D eigenvalue weighted by Crippen LogP contribution is 2.23. The summed E-state index contributed by atoms with van der Waals surface area (Å²) in [6, 6.07) is 8.39. The third-order valence-corrected chi connectivity index (χ3v) is 7.17. The van der Waals surface area contributed by atoms with Crippen LogP contribution in [0.15, 0.2) is 34.2 Å². The Bertz CT molecular complexity index is 1080. The van der Waals surface area contributed by atoms with E-state index in [1.165, 1.54) is 21.9 Å². The zero-order valence-electron chi connectivity index (χ0n) is 20.5. The molecule has 1 saturated heterocycles. The summed E-state index contributed by atoms with van der Waals surface area (Å²) in [4.78, 5) is 45.3. The lowest BCUT2D eigenvalue weighted by Crippen LogP contribution is -2.50. The van der Waals surface area contributed by atoms with Gasteiger partial charge in [-0.3, -0.25) is 19.0 Å². The highest BCUT2D eigenvalue weighted by Gasteiger charge is 2.23. The van der Waals surface area contributed by atoms with Gasteiger partial charge in [0, 0.05) is 57.8 Å². The fourth-order valence-corrected chi connectivity index (χ4v) is 4.79. The van der Waals surface area contributed by atoms with Crippen LogP contribution in [-0.2, 0) is 28.5 Å². The molecule has 8 heteroatoms. The van der Waals surface area contributed by atoms with Gasteiger partial charge in [0.15, 0.2) is 5.16 Å². The fraction of sp³-hybridized carbons (Fsp3) is 0.520. The Morgan fingerprint density at radius 3 is 2.15 bits per heavy atom. The second kappa shape index (κ2) is 10.1. The van der Waals surface area contributed by atoms with Gasteiger partial charge in [-0.25, -0.2) is 4.98 Å². The van der Waals surface area contributed by atoms with Crippen LogP contribution in [0.3, 0.4) is 0 Å². The summed E-state index contributed by atoms with van der Waals surface area (Å²) in [6.45, 7) is 12.1. The molecule has 1 aromatic heterocycles. The first-order chi connectivity index (χ1) is 15.5. The van der Waals surface area contributed by atoms with Crippen LogP contribution in [0.1, 0.15) is 50.1 Å². The van der Waals surface area contributed by atoms with Gasteiger partial charge in [-0.1, -0.05) is 56.8 Å². The zero-order valence-corrected chi connectivity index (χ0v) is 21.3. The van der Waals surface area contributed by atoms with E-state index in [0.29, 0.717) is 49.0 Å². The molecule has 1 aliphatic rings. The largest absolute Gasteiger partial charge is 0.339 e. The molecule has 33 heavy (non-hydrogen) atoms. The summed E-state index contributed by atoms with van der Waals surface area (Å²) in [5.41, 5.74) is 3.72. The quantitative estimate of drug-likeness (QED) is 0.496. The van der Waals surface area contributed by atoms with Gasteiger partial charge in [-0.15, -0.1) is 0 Å². The minimum Gasteiger partial charge on any atom is -0.339 e. The third-order valence-electron chi connectivity index (χ3n) is 6.15. The molecule has 0 radical (unpaired) electrons. The number of amides is 2. The lowest BCUT2D eigenvalue weighted by Gasteiger charge is -2.34. The monoisotopic (exact) mass is 470 g/mol. The smallest absolute Gasteiger partial charge is 0.257 e. The Balaban J connectivity index is 1.66. The molecule has 2 heterocycles. The topological polar surface area (TPSA) is 75.5 Å². The van der Waals surface area contributed by atoms with Gasteiger partial charge in [0.05, 0.1) is 5.75 Å². The van der Waals surface area contributed by atoms with Crippen LogP contribution in [0.2, 0.25) is 0 Å². The van der Waals surface area contributed by atoms with E-state index in [4.69, 9.17) is 0 Å². The number of carbonyl (C=O) groups is 2. The van der Waals surface area contributed by atoms with Gasteiger partial charge in [0.1, 0.15) is 0 Å². The van der Waals surface area contributed by atoms with Crippen LogP contribution >= 0.6 is 11.8 Å². The van der Waals surface area contributed by atoms with Crippen LogP contribution in [-0.4, -0.2) is 63.1 Å². The van der Waals surface area contributed by atoms with Crippen molar-refractivity contribution < 1.29 is 9.59 Å². The SMILES string of the molecule is CC(=O)N1CCN(C(=O)CSc2nc(C)c(Cc3ccc(C(C)(C)C)cc3)c(=O)n2C)CC1. The molecule has 0 aliphatic carbocycles.